The molecule has 2 bridgehead atoms. The highest BCUT2D eigenvalue weighted by Crippen LogP contribution is 2.28. The van der Waals surface area contributed by atoms with Gasteiger partial charge in [-0.2, -0.15) is 0 Å². The zero-order valence-corrected chi connectivity index (χ0v) is 25.8. The second-order valence-electron chi connectivity index (χ2n) is 13.7. The first kappa shape index (κ1) is 30.8. The van der Waals surface area contributed by atoms with Gasteiger partial charge in [-0.05, 0) is 63.4 Å². The third-order valence-corrected chi connectivity index (χ3v) is 9.13. The van der Waals surface area contributed by atoms with Crippen LogP contribution in [0, 0.1) is 5.41 Å². The van der Waals surface area contributed by atoms with Gasteiger partial charge in [-0.25, -0.2) is 0 Å². The molecule has 4 aliphatic heterocycles. The maximum absolute atomic E-state index is 14.0. The first-order valence-corrected chi connectivity index (χ1v) is 15.8. The summed E-state index contributed by atoms with van der Waals surface area (Å²) in [7, 11) is 2.15. The lowest BCUT2D eigenvalue weighted by Gasteiger charge is -2.46. The molecule has 0 radical (unpaired) electrons. The highest BCUT2D eigenvalue weighted by atomic mass is 16.5. The normalized spacial score (nSPS) is 29.0. The molecule has 232 valence electrons. The highest BCUT2D eigenvalue weighted by Gasteiger charge is 2.40. The Morgan fingerprint density at radius 3 is 2.55 bits per heavy atom. The van der Waals surface area contributed by atoms with Crippen molar-refractivity contribution in [2.75, 3.05) is 52.9 Å². The van der Waals surface area contributed by atoms with Crippen LogP contribution < -0.4 is 15.4 Å². The number of hydrogen-bond donors (Lipinski definition) is 2. The van der Waals surface area contributed by atoms with Gasteiger partial charge in [-0.15, -0.1) is 0 Å². The molecular weight excluding hydrogens is 534 g/mol. The van der Waals surface area contributed by atoms with E-state index in [1.54, 1.807) is 11.0 Å². The lowest BCUT2D eigenvalue weighted by Crippen LogP contribution is -2.64. The summed E-state index contributed by atoms with van der Waals surface area (Å²) < 4.78 is 12.7. The molecular formula is C32H49N5O5. The fourth-order valence-corrected chi connectivity index (χ4v) is 6.78. The van der Waals surface area contributed by atoms with Gasteiger partial charge in [0.05, 0.1) is 30.4 Å². The fourth-order valence-electron chi connectivity index (χ4n) is 6.78. The fraction of sp³-hybridized carbons (Fsp3) is 0.719. The van der Waals surface area contributed by atoms with Crippen molar-refractivity contribution in [3.05, 3.63) is 29.8 Å². The first-order chi connectivity index (χ1) is 20.1. The molecule has 2 N–H and O–H groups in total. The van der Waals surface area contributed by atoms with Crippen LogP contribution in [0.25, 0.3) is 0 Å². The molecule has 4 atom stereocenters. The van der Waals surface area contributed by atoms with E-state index in [0.29, 0.717) is 49.9 Å². The molecule has 10 nitrogen and oxygen atoms in total. The monoisotopic (exact) mass is 583 g/mol. The molecule has 5 rings (SSSR count). The topological polar surface area (TPSA) is 103 Å². The molecule has 1 aromatic carbocycles. The van der Waals surface area contributed by atoms with Gasteiger partial charge in [-0.3, -0.25) is 19.3 Å². The third-order valence-electron chi connectivity index (χ3n) is 9.13. The molecule has 0 spiro atoms. The van der Waals surface area contributed by atoms with Crippen molar-refractivity contribution >= 4 is 17.7 Å². The minimum atomic E-state index is -0.629. The molecule has 0 unspecified atom stereocenters. The van der Waals surface area contributed by atoms with E-state index in [1.165, 1.54) is 0 Å². The number of carbonyl (C=O) groups excluding carboxylic acids is 3. The molecule has 10 heteroatoms. The van der Waals surface area contributed by atoms with Crippen molar-refractivity contribution in [1.82, 2.24) is 25.3 Å². The summed E-state index contributed by atoms with van der Waals surface area (Å²) in [5.41, 5.74) is 0.369. The number of ether oxygens (including phenoxy) is 2. The van der Waals surface area contributed by atoms with Gasteiger partial charge < -0.3 is 29.9 Å². The standard InChI is InChI=1S/C32H49N5O5/c1-32(2,3)19-29(38)34-25-10-9-23-13-18-41-27-8-6-5-7-24(27)31(40)37-17-16-36(22-11-14-35(4)15-12-22)21-26(37)30(39)33-20-28(25)42-23/h5-8,22-23,25-26,28H,9-21H2,1-4H3,(H,33,39)(H,34,38)/t23-,25+,26-,28+/m0/s1. The summed E-state index contributed by atoms with van der Waals surface area (Å²) in [6.07, 6.45) is 4.35. The maximum atomic E-state index is 14.0. The zero-order valence-electron chi connectivity index (χ0n) is 25.8. The van der Waals surface area contributed by atoms with E-state index in [9.17, 15) is 14.4 Å². The first-order valence-electron chi connectivity index (χ1n) is 15.8. The Morgan fingerprint density at radius 1 is 1.02 bits per heavy atom. The number of piperidine rings is 1. The van der Waals surface area contributed by atoms with Crippen LogP contribution in [0.5, 0.6) is 5.75 Å². The predicted molar refractivity (Wildman–Crippen MR) is 160 cm³/mol. The molecule has 1 aromatic rings. The van der Waals surface area contributed by atoms with Crippen molar-refractivity contribution in [3.8, 4) is 5.75 Å². The van der Waals surface area contributed by atoms with E-state index < -0.39 is 6.04 Å². The van der Waals surface area contributed by atoms with Gasteiger partial charge in [-0.1, -0.05) is 32.9 Å². The number of rotatable bonds is 3. The molecule has 0 aromatic heterocycles. The quantitative estimate of drug-likeness (QED) is 0.563. The van der Waals surface area contributed by atoms with Crippen LogP contribution in [0.15, 0.2) is 24.3 Å². The molecule has 4 heterocycles. The van der Waals surface area contributed by atoms with Crippen LogP contribution in [0.1, 0.15) is 69.7 Å². The van der Waals surface area contributed by atoms with Gasteiger partial charge >= 0.3 is 0 Å². The lowest BCUT2D eigenvalue weighted by molar-refractivity contribution is -0.132. The van der Waals surface area contributed by atoms with Crippen LogP contribution >= 0.6 is 0 Å². The summed E-state index contributed by atoms with van der Waals surface area (Å²) in [5, 5.41) is 6.33. The number of nitrogens with zero attached hydrogens (tertiary/aromatic N) is 3. The van der Waals surface area contributed by atoms with Crippen LogP contribution in [0.4, 0.5) is 0 Å². The molecule has 0 aliphatic carbocycles. The Hall–Kier alpha value is -2.69. The zero-order chi connectivity index (χ0) is 29.9. The molecule has 3 amide bonds. The number of hydrogen-bond acceptors (Lipinski definition) is 7. The number of amides is 3. The second kappa shape index (κ2) is 13.3. The number of para-hydroxylation sites is 1. The van der Waals surface area contributed by atoms with Gasteiger partial charge in [0.25, 0.3) is 5.91 Å². The summed E-state index contributed by atoms with van der Waals surface area (Å²) in [5.74, 6) is 0.186. The lowest BCUT2D eigenvalue weighted by atomic mass is 9.91. The average molecular weight is 584 g/mol. The minimum absolute atomic E-state index is 0.00181. The van der Waals surface area contributed by atoms with Crippen molar-refractivity contribution in [1.29, 1.82) is 0 Å². The number of nitrogens with one attached hydrogen (secondary N) is 2. The Bertz CT molecular complexity index is 1110. The Kier molecular flexibility index (Phi) is 9.74. The molecule has 0 saturated carbocycles. The van der Waals surface area contributed by atoms with E-state index in [-0.39, 0.29) is 47.9 Å². The van der Waals surface area contributed by atoms with E-state index in [0.717, 1.165) is 45.3 Å². The van der Waals surface area contributed by atoms with Crippen LogP contribution in [0.2, 0.25) is 0 Å². The number of piperazine rings is 1. The summed E-state index contributed by atoms with van der Waals surface area (Å²) in [4.78, 5) is 47.2. The Morgan fingerprint density at radius 2 is 1.79 bits per heavy atom. The highest BCUT2D eigenvalue weighted by molar-refractivity contribution is 6.00. The van der Waals surface area contributed by atoms with Crippen molar-refractivity contribution in [2.24, 2.45) is 5.41 Å². The van der Waals surface area contributed by atoms with Gasteiger partial charge in [0, 0.05) is 45.1 Å². The summed E-state index contributed by atoms with van der Waals surface area (Å²) in [6.45, 7) is 10.6. The number of fused-ring (bicyclic) bond motifs is 4. The Balaban J connectivity index is 1.37. The molecule has 4 aliphatic rings. The van der Waals surface area contributed by atoms with E-state index >= 15 is 0 Å². The summed E-state index contributed by atoms with van der Waals surface area (Å²) in [6, 6.07) is 6.92. The number of likely N-dealkylation sites (tertiary alicyclic amines) is 1. The van der Waals surface area contributed by atoms with E-state index in [2.05, 4.69) is 27.5 Å². The van der Waals surface area contributed by atoms with Crippen LogP contribution in [-0.2, 0) is 14.3 Å². The van der Waals surface area contributed by atoms with Crippen molar-refractivity contribution in [2.45, 2.75) is 89.6 Å². The number of benzene rings is 1. The second-order valence-corrected chi connectivity index (χ2v) is 13.7. The molecule has 3 saturated heterocycles. The van der Waals surface area contributed by atoms with E-state index in [4.69, 9.17) is 9.47 Å². The van der Waals surface area contributed by atoms with E-state index in [1.807, 2.05) is 39.0 Å². The van der Waals surface area contributed by atoms with Crippen LogP contribution in [-0.4, -0.2) is 116 Å². The molecule has 42 heavy (non-hydrogen) atoms. The smallest absolute Gasteiger partial charge is 0.258 e. The average Bonchev–Trinajstić information content (AvgIpc) is 2.95. The van der Waals surface area contributed by atoms with Crippen molar-refractivity contribution < 1.29 is 23.9 Å². The maximum Gasteiger partial charge on any atom is 0.258 e. The largest absolute Gasteiger partial charge is 0.493 e. The van der Waals surface area contributed by atoms with Gasteiger partial charge in [0.2, 0.25) is 11.8 Å². The van der Waals surface area contributed by atoms with Crippen molar-refractivity contribution in [3.63, 3.8) is 0 Å². The number of carbonyl (C=O) groups is 3. The van der Waals surface area contributed by atoms with Crippen LogP contribution in [0.3, 0.4) is 0 Å². The summed E-state index contributed by atoms with van der Waals surface area (Å²) >= 11 is 0. The SMILES string of the molecule is CN1CCC(N2CCN3C(=O)c4ccccc4OCC[C@@H]4CC[C@@H](NC(=O)CC(C)(C)C)[C@@H](CNC(=O)[C@@H]3C2)O4)CC1. The Labute approximate surface area is 250 Å². The third kappa shape index (κ3) is 7.63. The van der Waals surface area contributed by atoms with Gasteiger partial charge in [0.15, 0.2) is 0 Å². The molecule has 3 fully saturated rings. The predicted octanol–water partition coefficient (Wildman–Crippen LogP) is 2.27. The van der Waals surface area contributed by atoms with Gasteiger partial charge in [0.1, 0.15) is 11.8 Å². The minimum Gasteiger partial charge on any atom is -0.493 e.